The fourth-order valence-electron chi connectivity index (χ4n) is 4.00. The van der Waals surface area contributed by atoms with E-state index in [1.54, 1.807) is 0 Å². The van der Waals surface area contributed by atoms with Crippen LogP contribution in [0.2, 0.25) is 0 Å². The molecule has 390 valence electrons. The molecule has 0 spiro atoms. The minimum Gasteiger partial charge on any atom is -0.479 e. The van der Waals surface area contributed by atoms with Gasteiger partial charge in [-0.1, -0.05) is 0 Å². The van der Waals surface area contributed by atoms with Crippen LogP contribution in [-0.2, 0) is 24.0 Å². The fourth-order valence-corrected chi connectivity index (χ4v) is 4.00. The van der Waals surface area contributed by atoms with E-state index in [0.717, 1.165) is 0 Å². The predicted octanol–water partition coefficient (Wildman–Crippen LogP) is -10.4. The molecule has 0 fully saturated rings. The van der Waals surface area contributed by atoms with E-state index in [4.69, 9.17) is 128 Å². The van der Waals surface area contributed by atoms with Crippen LogP contribution in [0.25, 0.3) is 0 Å². The molecule has 16 atom stereocenters. The third-order valence-electron chi connectivity index (χ3n) is 8.04. The molecule has 16 unspecified atom stereocenters. The van der Waals surface area contributed by atoms with Gasteiger partial charge in [0.1, 0.15) is 6.10 Å². The Morgan fingerprint density at radius 3 is 0.938 bits per heavy atom. The minimum atomic E-state index is -1.84. The zero-order chi connectivity index (χ0) is 52.3. The number of hydrogen-bond acceptors (Lipinski definition) is 25. The first-order valence-corrected chi connectivity index (χ1v) is 19.3. The van der Waals surface area contributed by atoms with Crippen LogP contribution in [0.1, 0.15) is 64.7 Å². The topological polar surface area (TPSA) is 591 Å². The molecule has 65 heavy (non-hydrogen) atoms. The van der Waals surface area contributed by atoms with Crippen LogP contribution in [0.15, 0.2) is 0 Å². The Bertz CT molecular complexity index is 1190. The van der Waals surface area contributed by atoms with Crippen molar-refractivity contribution >= 4 is 29.8 Å². The van der Waals surface area contributed by atoms with Crippen LogP contribution in [0.4, 0.5) is 0 Å². The molecule has 25 N–H and O–H groups in total. The lowest BCUT2D eigenvalue weighted by molar-refractivity contribution is -0.154. The lowest BCUT2D eigenvalue weighted by Gasteiger charge is -2.20. The Balaban J connectivity index is -0.000000231. The van der Waals surface area contributed by atoms with Crippen LogP contribution in [0.3, 0.4) is 0 Å². The summed E-state index contributed by atoms with van der Waals surface area (Å²) >= 11 is 0. The molecule has 0 bridgehead atoms. The van der Waals surface area contributed by atoms with Gasteiger partial charge in [0.05, 0.1) is 80.9 Å². The normalized spacial score (nSPS) is 18.4. The lowest BCUT2D eigenvalue weighted by atomic mass is 10.0. The average Bonchev–Trinajstić information content (AvgIpc) is 3.23. The minimum absolute atomic E-state index is 0.0437. The Hall–Kier alpha value is -3.45. The molecule has 0 aromatic heterocycles. The highest BCUT2D eigenvalue weighted by Crippen LogP contribution is 2.10. The maximum atomic E-state index is 10.1. The van der Waals surface area contributed by atoms with Crippen molar-refractivity contribution in [2.24, 2.45) is 0 Å². The van der Waals surface area contributed by atoms with Gasteiger partial charge in [-0.25, -0.2) is 24.0 Å². The van der Waals surface area contributed by atoms with Gasteiger partial charge in [0.15, 0.2) is 30.5 Å². The third kappa shape index (κ3) is 40.5. The van der Waals surface area contributed by atoms with E-state index in [9.17, 15) is 24.0 Å². The van der Waals surface area contributed by atoms with Gasteiger partial charge in [-0.15, -0.1) is 0 Å². The Kier molecular flexibility index (Phi) is 44.3. The smallest absolute Gasteiger partial charge is 0.335 e. The molecule has 0 saturated heterocycles. The van der Waals surface area contributed by atoms with Gasteiger partial charge in [-0.3, -0.25) is 0 Å². The highest BCUT2D eigenvalue weighted by molar-refractivity contribution is 5.73. The van der Waals surface area contributed by atoms with Crippen molar-refractivity contribution in [3.8, 4) is 0 Å². The SMILES string of the molecule is CC(O)C(O)C(O)CC(O)C(=O)O.O=C(O)C(O)C(O)CCC(O)CO.O=C(O)C(O)C(O)CCC(O)CO.O=C(O)C(O)CC(O)C(O)CCO.O=C(O)C(O)CC(O)CC(O)CO. The number of carbonyl (C=O) groups is 5. The van der Waals surface area contributed by atoms with Crippen molar-refractivity contribution in [1.29, 1.82) is 0 Å². The molecular formula is C35H70O30. The Labute approximate surface area is 370 Å². The first-order valence-electron chi connectivity index (χ1n) is 19.3. The van der Waals surface area contributed by atoms with Crippen LogP contribution in [0.5, 0.6) is 0 Å². The predicted molar refractivity (Wildman–Crippen MR) is 210 cm³/mol. The molecule has 30 heteroatoms. The summed E-state index contributed by atoms with van der Waals surface area (Å²) in [6, 6.07) is 0. The van der Waals surface area contributed by atoms with Gasteiger partial charge in [0, 0.05) is 32.3 Å². The van der Waals surface area contributed by atoms with Gasteiger partial charge < -0.3 is 128 Å². The molecule has 0 aromatic rings. The van der Waals surface area contributed by atoms with Crippen molar-refractivity contribution in [1.82, 2.24) is 0 Å². The largest absolute Gasteiger partial charge is 0.479 e. The van der Waals surface area contributed by atoms with E-state index in [1.807, 2.05) is 0 Å². The van der Waals surface area contributed by atoms with Crippen LogP contribution < -0.4 is 0 Å². The highest BCUT2D eigenvalue weighted by atomic mass is 16.4. The molecule has 0 rings (SSSR count). The second-order valence-corrected chi connectivity index (χ2v) is 14.0. The summed E-state index contributed by atoms with van der Waals surface area (Å²) in [4.78, 5) is 50.6. The second-order valence-electron chi connectivity index (χ2n) is 14.0. The molecule has 0 aliphatic rings. The average molecular weight is 971 g/mol. The number of rotatable bonds is 29. The highest BCUT2D eigenvalue weighted by Gasteiger charge is 2.28. The summed E-state index contributed by atoms with van der Waals surface area (Å²) in [5, 5.41) is 217. The molecule has 0 aliphatic carbocycles. The quantitative estimate of drug-likeness (QED) is 0.0331. The number of carboxylic acid groups (broad SMARTS) is 5. The first-order chi connectivity index (χ1) is 29.8. The summed E-state index contributed by atoms with van der Waals surface area (Å²) in [6.07, 6.45) is -24.0. The van der Waals surface area contributed by atoms with Crippen molar-refractivity contribution in [2.75, 3.05) is 26.4 Å². The number of hydrogen-bond donors (Lipinski definition) is 25. The fraction of sp³-hybridized carbons (Fsp3) is 0.857. The van der Waals surface area contributed by atoms with Crippen molar-refractivity contribution in [3.63, 3.8) is 0 Å². The van der Waals surface area contributed by atoms with Gasteiger partial charge in [0.2, 0.25) is 0 Å². The Morgan fingerprint density at radius 1 is 0.338 bits per heavy atom. The molecular weight excluding hydrogens is 900 g/mol. The standard InChI is InChI=1S/5C7H14O6/c8-3-5(10)1-4(9)2-6(11)7(12)13;1-3(8)6(11)4(9)2-5(10)7(12)13;8-2-1-4(9)5(10)3-6(11)7(12)13;2*8-3-4(9)1-2-5(10)6(11)7(12)13/h4-6,8-11H,1-3H2,(H,12,13);3-6,8-11H,2H2,1H3,(H,12,13);3*4-6,8-11H,1-3H2,(H,12,13). The van der Waals surface area contributed by atoms with Gasteiger partial charge in [-0.2, -0.15) is 0 Å². The van der Waals surface area contributed by atoms with E-state index < -0.39 is 160 Å². The molecule has 0 radical (unpaired) electrons. The summed E-state index contributed by atoms with van der Waals surface area (Å²) in [7, 11) is 0. The molecule has 0 aliphatic heterocycles. The summed E-state index contributed by atoms with van der Waals surface area (Å²) in [5.74, 6) is -7.36. The monoisotopic (exact) mass is 970 g/mol. The molecule has 0 heterocycles. The van der Waals surface area contributed by atoms with E-state index in [-0.39, 0.29) is 51.6 Å². The number of aliphatic carboxylic acids is 5. The third-order valence-corrected chi connectivity index (χ3v) is 8.04. The second kappa shape index (κ2) is 40.8. The summed E-state index contributed by atoms with van der Waals surface area (Å²) in [6.45, 7) is -0.450. The number of aliphatic hydroxyl groups is 20. The van der Waals surface area contributed by atoms with Crippen molar-refractivity contribution in [3.05, 3.63) is 0 Å². The van der Waals surface area contributed by atoms with Crippen LogP contribution >= 0.6 is 0 Å². The van der Waals surface area contributed by atoms with Gasteiger partial charge in [0.25, 0.3) is 0 Å². The van der Waals surface area contributed by atoms with Gasteiger partial charge >= 0.3 is 29.8 Å². The van der Waals surface area contributed by atoms with E-state index in [1.165, 1.54) is 6.92 Å². The van der Waals surface area contributed by atoms with Gasteiger partial charge in [-0.05, 0) is 39.0 Å². The zero-order valence-electron chi connectivity index (χ0n) is 35.2. The molecule has 0 saturated carbocycles. The van der Waals surface area contributed by atoms with E-state index in [0.29, 0.717) is 0 Å². The summed E-state index contributed by atoms with van der Waals surface area (Å²) < 4.78 is 0. The Morgan fingerprint density at radius 2 is 0.662 bits per heavy atom. The van der Waals surface area contributed by atoms with Crippen LogP contribution in [0, 0.1) is 0 Å². The zero-order valence-corrected chi connectivity index (χ0v) is 35.2. The molecule has 30 nitrogen and oxygen atoms in total. The summed E-state index contributed by atoms with van der Waals surface area (Å²) in [5.41, 5.74) is 0. The van der Waals surface area contributed by atoms with Crippen LogP contribution in [-0.4, -0.2) is 282 Å². The van der Waals surface area contributed by atoms with E-state index >= 15 is 0 Å². The first kappa shape index (κ1) is 70.6. The lowest BCUT2D eigenvalue weighted by Crippen LogP contribution is -2.39. The maximum absolute atomic E-state index is 10.1. The van der Waals surface area contributed by atoms with E-state index in [2.05, 4.69) is 0 Å². The molecule has 0 aromatic carbocycles. The van der Waals surface area contributed by atoms with Crippen molar-refractivity contribution < 1.29 is 152 Å². The maximum Gasteiger partial charge on any atom is 0.335 e. The molecule has 0 amide bonds. The number of carboxylic acids is 5. The number of aliphatic hydroxyl groups excluding tert-OH is 20. The van der Waals surface area contributed by atoms with Crippen molar-refractivity contribution in [2.45, 2.75) is 162 Å².